The number of benzene rings is 2. The second-order valence-electron chi connectivity index (χ2n) is 11.2. The molecule has 6 aromatic rings. The zero-order valence-corrected chi connectivity index (χ0v) is 24.6. The standard InChI is InChI=1S/C36H28F2N4O4/c37-36(38)11-14-42(15-12-36)35(44)25-8-9-30(40-21-25)26-16-27-17-28(22-41-33(43)10-7-23-4-3-13-39-20-23)45-34(27)29(18-26)32-19-24-5-1-2-6-31(24)46-32/h1-10,13,16-21H,11-12,14-15,22H2,(H,41,43). The number of hydrogen-bond donors (Lipinski definition) is 1. The van der Waals surface area contributed by atoms with Gasteiger partial charge in [0.05, 0.1) is 23.4 Å². The number of amides is 2. The Balaban J connectivity index is 1.18. The van der Waals surface area contributed by atoms with E-state index in [2.05, 4.69) is 15.3 Å². The van der Waals surface area contributed by atoms with Crippen LogP contribution in [0.1, 0.15) is 34.5 Å². The van der Waals surface area contributed by atoms with E-state index < -0.39 is 5.92 Å². The molecule has 1 aliphatic rings. The fourth-order valence-corrected chi connectivity index (χ4v) is 5.53. The third-order valence-corrected chi connectivity index (χ3v) is 8.00. The van der Waals surface area contributed by atoms with E-state index in [1.54, 1.807) is 36.7 Å². The number of nitrogens with zero attached hydrogens (tertiary/aromatic N) is 3. The number of carbonyl (C=O) groups is 2. The zero-order valence-electron chi connectivity index (χ0n) is 24.6. The number of pyridine rings is 2. The number of halogens is 2. The summed E-state index contributed by atoms with van der Waals surface area (Å²) in [7, 11) is 0. The van der Waals surface area contributed by atoms with Crippen LogP contribution in [0.2, 0.25) is 0 Å². The molecule has 0 spiro atoms. The quantitative estimate of drug-likeness (QED) is 0.186. The number of alkyl halides is 2. The van der Waals surface area contributed by atoms with Crippen LogP contribution in [0.3, 0.4) is 0 Å². The van der Waals surface area contributed by atoms with Gasteiger partial charge in [0.2, 0.25) is 5.91 Å². The number of furan rings is 2. The third kappa shape index (κ3) is 6.14. The number of hydrogen-bond acceptors (Lipinski definition) is 6. The largest absolute Gasteiger partial charge is 0.458 e. The number of fused-ring (bicyclic) bond motifs is 2. The lowest BCUT2D eigenvalue weighted by Gasteiger charge is -2.31. The van der Waals surface area contributed by atoms with Crippen LogP contribution in [0.5, 0.6) is 0 Å². The van der Waals surface area contributed by atoms with E-state index in [0.717, 1.165) is 27.5 Å². The van der Waals surface area contributed by atoms with Crippen molar-refractivity contribution in [3.05, 3.63) is 114 Å². The van der Waals surface area contributed by atoms with E-state index in [0.29, 0.717) is 33.9 Å². The second-order valence-corrected chi connectivity index (χ2v) is 11.2. The van der Waals surface area contributed by atoms with E-state index in [-0.39, 0.29) is 44.3 Å². The van der Waals surface area contributed by atoms with E-state index in [4.69, 9.17) is 8.83 Å². The topological polar surface area (TPSA) is 101 Å². The number of piperidine rings is 1. The lowest BCUT2D eigenvalue weighted by atomic mass is 10.0. The van der Waals surface area contributed by atoms with Crippen LogP contribution < -0.4 is 5.32 Å². The van der Waals surface area contributed by atoms with Crippen LogP contribution in [0.4, 0.5) is 8.78 Å². The van der Waals surface area contributed by atoms with Crippen molar-refractivity contribution in [2.75, 3.05) is 13.1 Å². The number of carbonyl (C=O) groups excluding carboxylic acids is 2. The van der Waals surface area contributed by atoms with Crippen molar-refractivity contribution < 1.29 is 27.2 Å². The van der Waals surface area contributed by atoms with Crippen molar-refractivity contribution in [1.82, 2.24) is 20.2 Å². The molecule has 0 aliphatic carbocycles. The summed E-state index contributed by atoms with van der Waals surface area (Å²) in [6, 6.07) is 22.4. The number of aromatic nitrogens is 2. The number of para-hydroxylation sites is 1. The minimum atomic E-state index is -2.73. The first-order valence-corrected chi connectivity index (χ1v) is 14.9. The highest BCUT2D eigenvalue weighted by Crippen LogP contribution is 2.38. The van der Waals surface area contributed by atoms with Gasteiger partial charge in [-0.3, -0.25) is 19.6 Å². The molecule has 4 aromatic heterocycles. The van der Waals surface area contributed by atoms with Gasteiger partial charge in [0.15, 0.2) is 0 Å². The predicted octanol–water partition coefficient (Wildman–Crippen LogP) is 7.50. The molecule has 7 rings (SSSR count). The summed E-state index contributed by atoms with van der Waals surface area (Å²) in [6.45, 7) is 0.182. The molecule has 0 saturated carbocycles. The van der Waals surface area contributed by atoms with Crippen molar-refractivity contribution >= 4 is 39.8 Å². The normalized spacial score (nSPS) is 14.7. The summed E-state index contributed by atoms with van der Waals surface area (Å²) in [5, 5.41) is 4.57. The molecule has 1 fully saturated rings. The van der Waals surface area contributed by atoms with Crippen LogP contribution in [0.25, 0.3) is 50.6 Å². The lowest BCUT2D eigenvalue weighted by molar-refractivity contribution is -0.116. The van der Waals surface area contributed by atoms with Crippen molar-refractivity contribution in [3.8, 4) is 22.6 Å². The molecular formula is C36H28F2N4O4. The Morgan fingerprint density at radius 3 is 2.54 bits per heavy atom. The van der Waals surface area contributed by atoms with Crippen LogP contribution in [-0.2, 0) is 11.3 Å². The molecule has 0 unspecified atom stereocenters. The molecule has 8 nitrogen and oxygen atoms in total. The first-order chi connectivity index (χ1) is 22.3. The van der Waals surface area contributed by atoms with E-state index in [1.165, 1.54) is 17.2 Å². The third-order valence-electron chi connectivity index (χ3n) is 8.00. The minimum Gasteiger partial charge on any atom is -0.458 e. The Bertz CT molecular complexity index is 2040. The van der Waals surface area contributed by atoms with Crippen LogP contribution in [0, 0.1) is 0 Å². The summed E-state index contributed by atoms with van der Waals surface area (Å²) >= 11 is 0. The van der Waals surface area contributed by atoms with Crippen molar-refractivity contribution in [1.29, 1.82) is 0 Å². The molecule has 0 atom stereocenters. The predicted molar refractivity (Wildman–Crippen MR) is 170 cm³/mol. The number of nitrogens with one attached hydrogen (secondary N) is 1. The maximum absolute atomic E-state index is 13.6. The van der Waals surface area contributed by atoms with Gasteiger partial charge in [0, 0.05) is 66.9 Å². The van der Waals surface area contributed by atoms with Gasteiger partial charge in [-0.05, 0) is 60.2 Å². The second kappa shape index (κ2) is 12.0. The molecule has 2 amide bonds. The van der Waals surface area contributed by atoms with Crippen molar-refractivity contribution in [2.45, 2.75) is 25.3 Å². The molecule has 2 aromatic carbocycles. The summed E-state index contributed by atoms with van der Waals surface area (Å²) in [5.74, 6) is -2.17. The number of likely N-dealkylation sites (tertiary alicyclic amines) is 1. The first kappa shape index (κ1) is 29.1. The highest BCUT2D eigenvalue weighted by Gasteiger charge is 2.35. The molecule has 0 radical (unpaired) electrons. The van der Waals surface area contributed by atoms with E-state index >= 15 is 0 Å². The molecule has 46 heavy (non-hydrogen) atoms. The smallest absolute Gasteiger partial charge is 0.255 e. The van der Waals surface area contributed by atoms with Gasteiger partial charge < -0.3 is 19.1 Å². The van der Waals surface area contributed by atoms with Crippen LogP contribution in [0.15, 0.2) is 106 Å². The van der Waals surface area contributed by atoms with Crippen LogP contribution in [-0.4, -0.2) is 45.7 Å². The summed E-state index contributed by atoms with van der Waals surface area (Å²) in [4.78, 5) is 35.5. The van der Waals surface area contributed by atoms with Gasteiger partial charge in [-0.15, -0.1) is 0 Å². The average Bonchev–Trinajstić information content (AvgIpc) is 3.70. The molecule has 10 heteroatoms. The fraction of sp³-hybridized carbons (Fsp3) is 0.167. The van der Waals surface area contributed by atoms with Crippen molar-refractivity contribution in [3.63, 3.8) is 0 Å². The Kier molecular flexibility index (Phi) is 7.61. The molecule has 1 saturated heterocycles. The molecule has 5 heterocycles. The van der Waals surface area contributed by atoms with Gasteiger partial charge >= 0.3 is 0 Å². The van der Waals surface area contributed by atoms with Crippen LogP contribution >= 0.6 is 0 Å². The Hall–Kier alpha value is -5.64. The minimum absolute atomic E-state index is 0.00911. The van der Waals surface area contributed by atoms with Gasteiger partial charge in [-0.2, -0.15) is 0 Å². The summed E-state index contributed by atoms with van der Waals surface area (Å²) in [5.41, 5.74) is 4.54. The maximum atomic E-state index is 13.6. The van der Waals surface area contributed by atoms with E-state index in [9.17, 15) is 18.4 Å². The SMILES string of the molecule is O=C(C=Cc1cccnc1)NCc1cc2cc(-c3ccc(C(=O)N4CCC(F)(F)CC4)cn3)cc(-c3cc4ccccc4o3)c2o1. The highest BCUT2D eigenvalue weighted by molar-refractivity contribution is 5.98. The summed E-state index contributed by atoms with van der Waals surface area (Å²) < 4.78 is 39.6. The average molecular weight is 619 g/mol. The lowest BCUT2D eigenvalue weighted by Crippen LogP contribution is -2.42. The fourth-order valence-electron chi connectivity index (χ4n) is 5.53. The zero-order chi connectivity index (χ0) is 31.7. The molecule has 1 N–H and O–H groups in total. The molecule has 230 valence electrons. The van der Waals surface area contributed by atoms with E-state index in [1.807, 2.05) is 54.6 Å². The van der Waals surface area contributed by atoms with Gasteiger partial charge in [0.25, 0.3) is 11.8 Å². The maximum Gasteiger partial charge on any atom is 0.255 e. The highest BCUT2D eigenvalue weighted by atomic mass is 19.3. The van der Waals surface area contributed by atoms with Gasteiger partial charge in [0.1, 0.15) is 22.7 Å². The summed E-state index contributed by atoms with van der Waals surface area (Å²) in [6.07, 6.45) is 7.26. The molecular weight excluding hydrogens is 590 g/mol. The molecule has 0 bridgehead atoms. The Morgan fingerprint density at radius 2 is 1.78 bits per heavy atom. The van der Waals surface area contributed by atoms with Gasteiger partial charge in [-0.1, -0.05) is 24.3 Å². The van der Waals surface area contributed by atoms with Crippen molar-refractivity contribution in [2.24, 2.45) is 0 Å². The Morgan fingerprint density at radius 1 is 0.935 bits per heavy atom. The first-order valence-electron chi connectivity index (χ1n) is 14.9. The van der Waals surface area contributed by atoms with Gasteiger partial charge in [-0.25, -0.2) is 8.78 Å². The monoisotopic (exact) mass is 618 g/mol. The number of rotatable bonds is 7. The Labute approximate surface area is 262 Å². The molecule has 1 aliphatic heterocycles.